The Bertz CT molecular complexity index is 324. The number of carboxylic acid groups (broad SMARTS) is 1. The summed E-state index contributed by atoms with van der Waals surface area (Å²) in [5.74, 6) is 0.367. The third kappa shape index (κ3) is 4.73. The summed E-state index contributed by atoms with van der Waals surface area (Å²) >= 11 is 0. The number of amides is 2. The zero-order valence-electron chi connectivity index (χ0n) is 11.7. The second-order valence-electron chi connectivity index (χ2n) is 5.89. The van der Waals surface area contributed by atoms with Crippen molar-refractivity contribution in [3.05, 3.63) is 0 Å². The van der Waals surface area contributed by atoms with E-state index in [0.29, 0.717) is 18.4 Å². The number of rotatable bonds is 8. The van der Waals surface area contributed by atoms with Gasteiger partial charge in [0.2, 0.25) is 0 Å². The van der Waals surface area contributed by atoms with Crippen molar-refractivity contribution in [3.63, 3.8) is 0 Å². The first-order valence-corrected chi connectivity index (χ1v) is 7.35. The molecule has 0 spiro atoms. The second kappa shape index (κ2) is 6.26. The van der Waals surface area contributed by atoms with Gasteiger partial charge in [0.15, 0.2) is 0 Å². The van der Waals surface area contributed by atoms with E-state index in [-0.39, 0.29) is 12.6 Å². The molecule has 2 fully saturated rings. The number of carbonyl (C=O) groups excluding carboxylic acids is 1. The van der Waals surface area contributed by atoms with Crippen molar-refractivity contribution in [2.45, 2.75) is 39.0 Å². The average Bonchev–Trinajstić information content (AvgIpc) is 3.20. The minimum absolute atomic E-state index is 0.0805. The molecule has 2 saturated carbocycles. The predicted octanol–water partition coefficient (Wildman–Crippen LogP) is 2.02. The Labute approximate surface area is 114 Å². The maximum atomic E-state index is 12.5. The summed E-state index contributed by atoms with van der Waals surface area (Å²) in [4.78, 5) is 26.7. The fourth-order valence-corrected chi connectivity index (χ4v) is 2.33. The molecule has 0 heterocycles. The lowest BCUT2D eigenvalue weighted by atomic mass is 10.3. The van der Waals surface area contributed by atoms with Gasteiger partial charge in [-0.1, -0.05) is 6.92 Å². The Morgan fingerprint density at radius 1 is 1.05 bits per heavy atom. The fraction of sp³-hybridized carbons (Fsp3) is 0.857. The monoisotopic (exact) mass is 268 g/mol. The van der Waals surface area contributed by atoms with Crippen molar-refractivity contribution in [2.24, 2.45) is 11.8 Å². The molecular formula is C14H24N2O3. The van der Waals surface area contributed by atoms with Crippen molar-refractivity contribution in [2.75, 3.05) is 26.2 Å². The van der Waals surface area contributed by atoms with Gasteiger partial charge < -0.3 is 14.9 Å². The largest absolute Gasteiger partial charge is 0.480 e. The number of carbonyl (C=O) groups is 2. The highest BCUT2D eigenvalue weighted by Gasteiger charge is 2.33. The van der Waals surface area contributed by atoms with Gasteiger partial charge in [0, 0.05) is 19.6 Å². The zero-order chi connectivity index (χ0) is 13.8. The van der Waals surface area contributed by atoms with Gasteiger partial charge in [-0.2, -0.15) is 0 Å². The maximum absolute atomic E-state index is 12.5. The zero-order valence-corrected chi connectivity index (χ0v) is 11.7. The summed E-state index contributed by atoms with van der Waals surface area (Å²) in [5.41, 5.74) is 0. The first kappa shape index (κ1) is 14.2. The molecule has 0 aromatic carbocycles. The molecule has 19 heavy (non-hydrogen) atoms. The molecule has 0 saturated heterocycles. The van der Waals surface area contributed by atoms with E-state index in [1.807, 2.05) is 11.8 Å². The van der Waals surface area contributed by atoms with Crippen LogP contribution in [-0.2, 0) is 4.79 Å². The summed E-state index contributed by atoms with van der Waals surface area (Å²) < 4.78 is 0. The quantitative estimate of drug-likeness (QED) is 0.732. The van der Waals surface area contributed by atoms with E-state index >= 15 is 0 Å². The number of hydrogen-bond acceptors (Lipinski definition) is 2. The minimum Gasteiger partial charge on any atom is -0.480 e. The van der Waals surface area contributed by atoms with Crippen molar-refractivity contribution in [1.29, 1.82) is 0 Å². The van der Waals surface area contributed by atoms with Crippen LogP contribution in [0.3, 0.4) is 0 Å². The molecule has 2 amide bonds. The molecule has 0 unspecified atom stereocenters. The summed E-state index contributed by atoms with van der Waals surface area (Å²) in [7, 11) is 0. The van der Waals surface area contributed by atoms with E-state index in [9.17, 15) is 9.59 Å². The normalized spacial score (nSPS) is 18.2. The lowest BCUT2D eigenvalue weighted by Gasteiger charge is -2.30. The van der Waals surface area contributed by atoms with Gasteiger partial charge in [-0.25, -0.2) is 4.79 Å². The standard InChI is InChI=1S/C14H24N2O3/c1-2-7-15(10-13(17)18)14(19)16(8-11-3-4-11)9-12-5-6-12/h11-12H,2-10H2,1H3,(H,17,18). The SMILES string of the molecule is CCCN(CC(=O)O)C(=O)N(CC1CC1)CC1CC1. The van der Waals surface area contributed by atoms with Crippen LogP contribution in [0.1, 0.15) is 39.0 Å². The van der Waals surface area contributed by atoms with Crippen molar-refractivity contribution < 1.29 is 14.7 Å². The summed E-state index contributed by atoms with van der Waals surface area (Å²) in [6, 6.07) is -0.0805. The number of nitrogens with zero attached hydrogens (tertiary/aromatic N) is 2. The first-order chi connectivity index (χ1) is 9.10. The molecule has 0 aromatic heterocycles. The number of urea groups is 1. The van der Waals surface area contributed by atoms with E-state index in [2.05, 4.69) is 0 Å². The van der Waals surface area contributed by atoms with Gasteiger partial charge in [0.1, 0.15) is 6.54 Å². The van der Waals surface area contributed by atoms with Crippen LogP contribution in [0.15, 0.2) is 0 Å². The van der Waals surface area contributed by atoms with Crippen LogP contribution in [0.25, 0.3) is 0 Å². The van der Waals surface area contributed by atoms with E-state index in [4.69, 9.17) is 5.11 Å². The third-order valence-electron chi connectivity index (χ3n) is 3.71. The van der Waals surface area contributed by atoms with E-state index < -0.39 is 5.97 Å². The van der Waals surface area contributed by atoms with E-state index in [1.165, 1.54) is 30.6 Å². The van der Waals surface area contributed by atoms with E-state index in [0.717, 1.165) is 19.5 Å². The van der Waals surface area contributed by atoms with Crippen LogP contribution in [0.4, 0.5) is 4.79 Å². The maximum Gasteiger partial charge on any atom is 0.323 e. The van der Waals surface area contributed by atoms with E-state index in [1.54, 1.807) is 0 Å². The highest BCUT2D eigenvalue weighted by molar-refractivity contribution is 5.80. The molecule has 2 aliphatic rings. The molecule has 2 rings (SSSR count). The van der Waals surface area contributed by atoms with Crippen LogP contribution in [-0.4, -0.2) is 53.1 Å². The Balaban J connectivity index is 1.94. The molecule has 0 aliphatic heterocycles. The van der Waals surface area contributed by atoms with Gasteiger partial charge >= 0.3 is 12.0 Å². The molecule has 5 heteroatoms. The third-order valence-corrected chi connectivity index (χ3v) is 3.71. The van der Waals surface area contributed by atoms with Gasteiger partial charge in [-0.05, 0) is 43.9 Å². The average molecular weight is 268 g/mol. The van der Waals surface area contributed by atoms with Gasteiger partial charge in [0.25, 0.3) is 0 Å². The highest BCUT2D eigenvalue weighted by atomic mass is 16.4. The molecule has 2 aliphatic carbocycles. The Hall–Kier alpha value is -1.26. The lowest BCUT2D eigenvalue weighted by molar-refractivity contribution is -0.137. The Morgan fingerprint density at radius 2 is 1.58 bits per heavy atom. The second-order valence-corrected chi connectivity index (χ2v) is 5.89. The number of aliphatic carboxylic acids is 1. The molecule has 0 radical (unpaired) electrons. The number of hydrogen-bond donors (Lipinski definition) is 1. The molecule has 1 N–H and O–H groups in total. The van der Waals surface area contributed by atoms with Crippen LogP contribution < -0.4 is 0 Å². The Kier molecular flexibility index (Phi) is 4.66. The summed E-state index contributed by atoms with van der Waals surface area (Å²) in [5, 5.41) is 8.92. The molecule has 5 nitrogen and oxygen atoms in total. The highest BCUT2D eigenvalue weighted by Crippen LogP contribution is 2.34. The van der Waals surface area contributed by atoms with Crippen LogP contribution in [0.5, 0.6) is 0 Å². The minimum atomic E-state index is -0.931. The van der Waals surface area contributed by atoms with Crippen molar-refractivity contribution >= 4 is 12.0 Å². The Morgan fingerprint density at radius 3 is 1.95 bits per heavy atom. The van der Waals surface area contributed by atoms with Gasteiger partial charge in [0.05, 0.1) is 0 Å². The molecule has 108 valence electrons. The first-order valence-electron chi connectivity index (χ1n) is 7.35. The van der Waals surface area contributed by atoms with Crippen LogP contribution in [0, 0.1) is 11.8 Å². The van der Waals surface area contributed by atoms with Gasteiger partial charge in [-0.3, -0.25) is 4.79 Å². The molecule has 0 aromatic rings. The smallest absolute Gasteiger partial charge is 0.323 e. The number of carboxylic acids is 1. The van der Waals surface area contributed by atoms with Crippen LogP contribution >= 0.6 is 0 Å². The lowest BCUT2D eigenvalue weighted by Crippen LogP contribution is -2.47. The molecule has 0 atom stereocenters. The summed E-state index contributed by atoms with van der Waals surface area (Å²) in [6.07, 6.45) is 5.63. The van der Waals surface area contributed by atoms with Gasteiger partial charge in [-0.15, -0.1) is 0 Å². The predicted molar refractivity (Wildman–Crippen MR) is 71.9 cm³/mol. The van der Waals surface area contributed by atoms with Crippen molar-refractivity contribution in [1.82, 2.24) is 9.80 Å². The van der Waals surface area contributed by atoms with Crippen molar-refractivity contribution in [3.8, 4) is 0 Å². The fourth-order valence-electron chi connectivity index (χ4n) is 2.33. The van der Waals surface area contributed by atoms with Crippen LogP contribution in [0.2, 0.25) is 0 Å². The summed E-state index contributed by atoms with van der Waals surface area (Å²) in [6.45, 7) is 3.94. The molecular weight excluding hydrogens is 244 g/mol. The topological polar surface area (TPSA) is 60.9 Å². The molecule has 0 bridgehead atoms.